The maximum atomic E-state index is 10.4. The summed E-state index contributed by atoms with van der Waals surface area (Å²) < 4.78 is 0. The van der Waals surface area contributed by atoms with Gasteiger partial charge < -0.3 is 20.9 Å². The van der Waals surface area contributed by atoms with E-state index in [4.69, 9.17) is 34.0 Å². The molecule has 30 heavy (non-hydrogen) atoms. The number of benzene rings is 4. The summed E-state index contributed by atoms with van der Waals surface area (Å²) in [6.45, 7) is 0. The number of H-pyrrole nitrogens is 1. The lowest BCUT2D eigenvalue weighted by molar-refractivity contribution is 0.0697. The van der Waals surface area contributed by atoms with E-state index < -0.39 is 5.97 Å². The van der Waals surface area contributed by atoms with Gasteiger partial charge in [-0.15, -0.1) is 0 Å². The lowest BCUT2D eigenvalue weighted by Gasteiger charge is -2.00. The van der Waals surface area contributed by atoms with E-state index in [1.54, 1.807) is 24.3 Å². The van der Waals surface area contributed by atoms with Gasteiger partial charge in [-0.1, -0.05) is 47.5 Å². The van der Waals surface area contributed by atoms with E-state index in [1.807, 2.05) is 24.3 Å². The van der Waals surface area contributed by atoms with Gasteiger partial charge in [-0.3, -0.25) is 0 Å². The Hall–Kier alpha value is -3.41. The van der Waals surface area contributed by atoms with Crippen LogP contribution in [-0.2, 0) is 0 Å². The minimum Gasteiger partial charge on any atom is -0.508 e. The third-order valence-electron chi connectivity index (χ3n) is 4.80. The molecule has 0 atom stereocenters. The molecule has 1 heterocycles. The number of phenolic OH excluding ortho intramolecular Hbond substituents is 1. The molecule has 5 nitrogen and oxygen atoms in total. The van der Waals surface area contributed by atoms with Crippen LogP contribution in [0.25, 0.3) is 32.6 Å². The zero-order chi connectivity index (χ0) is 21.4. The van der Waals surface area contributed by atoms with Crippen molar-refractivity contribution in [2.45, 2.75) is 0 Å². The molecule has 0 radical (unpaired) electrons. The first-order valence-corrected chi connectivity index (χ1v) is 9.70. The maximum Gasteiger partial charge on any atom is 0.337 e. The zero-order valence-electron chi connectivity index (χ0n) is 15.5. The monoisotopic (exact) mass is 438 g/mol. The molecular weight excluding hydrogens is 423 g/mol. The van der Waals surface area contributed by atoms with Crippen LogP contribution in [0.1, 0.15) is 10.4 Å². The number of hydrogen-bond acceptors (Lipinski definition) is 3. The number of nitrogens with two attached hydrogens (primary N) is 1. The molecule has 0 aliphatic rings. The Kier molecular flexibility index (Phi) is 5.16. The van der Waals surface area contributed by atoms with Crippen LogP contribution in [-0.4, -0.2) is 21.2 Å². The van der Waals surface area contributed by atoms with Crippen molar-refractivity contribution < 1.29 is 15.0 Å². The molecule has 150 valence electrons. The predicted molar refractivity (Wildman–Crippen MR) is 123 cm³/mol. The highest BCUT2D eigenvalue weighted by Crippen LogP contribution is 2.33. The van der Waals surface area contributed by atoms with Gasteiger partial charge in [0.15, 0.2) is 0 Å². The second-order valence-electron chi connectivity index (χ2n) is 6.72. The van der Waals surface area contributed by atoms with Gasteiger partial charge in [0.2, 0.25) is 0 Å². The average molecular weight is 439 g/mol. The molecule has 0 aliphatic heterocycles. The number of phenols is 1. The summed E-state index contributed by atoms with van der Waals surface area (Å²) in [6.07, 6.45) is 0. The van der Waals surface area contributed by atoms with Gasteiger partial charge in [0.05, 0.1) is 21.8 Å². The summed E-state index contributed by atoms with van der Waals surface area (Å²) in [7, 11) is 0. The van der Waals surface area contributed by atoms with E-state index in [-0.39, 0.29) is 22.0 Å². The lowest BCUT2D eigenvalue weighted by Crippen LogP contribution is -1.99. The topological polar surface area (TPSA) is 99.3 Å². The van der Waals surface area contributed by atoms with Crippen LogP contribution in [0.4, 0.5) is 5.69 Å². The SMILES string of the molecule is Nc1cccc(C(=O)O)c1Cl.Oc1ccc2ccc3c4cc(Cl)ccc4[nH]c3c2c1. The third-order valence-corrected chi connectivity index (χ3v) is 5.45. The van der Waals surface area contributed by atoms with Gasteiger partial charge in [-0.05, 0) is 47.9 Å². The number of aromatic hydroxyl groups is 1. The van der Waals surface area contributed by atoms with E-state index >= 15 is 0 Å². The molecule has 0 saturated carbocycles. The van der Waals surface area contributed by atoms with Crippen molar-refractivity contribution in [3.05, 3.63) is 82.3 Å². The number of aromatic carboxylic acids is 1. The number of fused-ring (bicyclic) bond motifs is 5. The third kappa shape index (κ3) is 3.61. The Labute approximate surface area is 181 Å². The van der Waals surface area contributed by atoms with Gasteiger partial charge in [-0.2, -0.15) is 0 Å². The van der Waals surface area contributed by atoms with E-state index in [2.05, 4.69) is 17.1 Å². The maximum absolute atomic E-state index is 10.4. The molecule has 5 aromatic rings. The Bertz CT molecular complexity index is 1430. The lowest BCUT2D eigenvalue weighted by atomic mass is 10.1. The van der Waals surface area contributed by atoms with E-state index in [0.717, 1.165) is 37.6 Å². The fourth-order valence-electron chi connectivity index (χ4n) is 3.36. The molecular formula is C23H16Cl2N2O3. The van der Waals surface area contributed by atoms with Crippen molar-refractivity contribution >= 4 is 67.4 Å². The highest BCUT2D eigenvalue weighted by molar-refractivity contribution is 6.36. The van der Waals surface area contributed by atoms with Gasteiger partial charge in [0, 0.05) is 26.7 Å². The van der Waals surface area contributed by atoms with Crippen molar-refractivity contribution in [3.8, 4) is 5.75 Å². The van der Waals surface area contributed by atoms with E-state index in [9.17, 15) is 9.90 Å². The largest absolute Gasteiger partial charge is 0.508 e. The normalized spacial score (nSPS) is 10.9. The summed E-state index contributed by atoms with van der Waals surface area (Å²) in [5, 5.41) is 23.4. The summed E-state index contributed by atoms with van der Waals surface area (Å²) in [5.74, 6) is -0.793. The number of carbonyl (C=O) groups is 1. The van der Waals surface area contributed by atoms with Crippen LogP contribution in [0.3, 0.4) is 0 Å². The smallest absolute Gasteiger partial charge is 0.337 e. The Balaban J connectivity index is 0.000000170. The zero-order valence-corrected chi connectivity index (χ0v) is 17.0. The number of aromatic nitrogens is 1. The second kappa shape index (κ2) is 7.78. The number of carboxylic acid groups (broad SMARTS) is 1. The van der Waals surface area contributed by atoms with Crippen LogP contribution in [0.2, 0.25) is 10.0 Å². The highest BCUT2D eigenvalue weighted by atomic mass is 35.5. The molecule has 0 amide bonds. The van der Waals surface area contributed by atoms with E-state index in [1.165, 1.54) is 6.07 Å². The molecule has 5 rings (SSSR count). The summed E-state index contributed by atoms with van der Waals surface area (Å²) in [4.78, 5) is 13.8. The molecule has 5 N–H and O–H groups in total. The van der Waals surface area contributed by atoms with Gasteiger partial charge >= 0.3 is 5.97 Å². The molecule has 0 unspecified atom stereocenters. The average Bonchev–Trinajstić information content (AvgIpc) is 3.08. The van der Waals surface area contributed by atoms with Crippen LogP contribution in [0.15, 0.2) is 66.7 Å². The number of rotatable bonds is 1. The number of anilines is 1. The molecule has 1 aromatic heterocycles. The van der Waals surface area contributed by atoms with Crippen LogP contribution in [0.5, 0.6) is 5.75 Å². The molecule has 0 bridgehead atoms. The minimum atomic E-state index is -1.07. The van der Waals surface area contributed by atoms with Crippen molar-refractivity contribution in [1.82, 2.24) is 4.98 Å². The summed E-state index contributed by atoms with van der Waals surface area (Å²) >= 11 is 11.6. The van der Waals surface area contributed by atoms with Crippen molar-refractivity contribution in [3.63, 3.8) is 0 Å². The molecule has 0 saturated heterocycles. The molecule has 0 fully saturated rings. The quantitative estimate of drug-likeness (QED) is 0.226. The van der Waals surface area contributed by atoms with Crippen LogP contribution < -0.4 is 5.73 Å². The van der Waals surface area contributed by atoms with Crippen molar-refractivity contribution in [2.75, 3.05) is 5.73 Å². The number of carboxylic acids is 1. The van der Waals surface area contributed by atoms with E-state index in [0.29, 0.717) is 0 Å². The van der Waals surface area contributed by atoms with Gasteiger partial charge in [0.25, 0.3) is 0 Å². The molecule has 0 spiro atoms. The first-order chi connectivity index (χ1) is 14.3. The molecule has 7 heteroatoms. The Morgan fingerprint density at radius 1 is 0.900 bits per heavy atom. The first kappa shape index (κ1) is 19.9. The van der Waals surface area contributed by atoms with Crippen molar-refractivity contribution in [2.24, 2.45) is 0 Å². The van der Waals surface area contributed by atoms with Crippen LogP contribution >= 0.6 is 23.2 Å². The van der Waals surface area contributed by atoms with Gasteiger partial charge in [0.1, 0.15) is 5.75 Å². The predicted octanol–water partition coefficient (Wildman–Crippen LogP) is 6.45. The fraction of sp³-hybridized carbons (Fsp3) is 0. The summed E-state index contributed by atoms with van der Waals surface area (Å²) in [5.41, 5.74) is 7.77. The minimum absolute atomic E-state index is 0.0340. The van der Waals surface area contributed by atoms with Gasteiger partial charge in [-0.25, -0.2) is 4.79 Å². The van der Waals surface area contributed by atoms with Crippen LogP contribution in [0, 0.1) is 0 Å². The number of nitrogen functional groups attached to an aromatic ring is 1. The Morgan fingerprint density at radius 2 is 1.67 bits per heavy atom. The number of nitrogens with one attached hydrogen (secondary N) is 1. The highest BCUT2D eigenvalue weighted by Gasteiger charge is 2.09. The van der Waals surface area contributed by atoms with Crippen molar-refractivity contribution in [1.29, 1.82) is 0 Å². The molecule has 4 aromatic carbocycles. The second-order valence-corrected chi connectivity index (χ2v) is 7.54. The number of halogens is 2. The fourth-order valence-corrected chi connectivity index (χ4v) is 3.74. The summed E-state index contributed by atoms with van der Waals surface area (Å²) in [6, 6.07) is 19.9. The number of aromatic amines is 1. The standard InChI is InChI=1S/C16H10ClNO.C7H6ClNO2/c17-10-3-6-15-14(7-10)12-5-2-9-1-4-11(19)8-13(9)16(12)18-15;8-6-4(7(10)11)2-1-3-5(6)9/h1-8,18-19H;1-3H,9H2,(H,10,11). The number of hydrogen-bond donors (Lipinski definition) is 4. The Morgan fingerprint density at radius 3 is 2.40 bits per heavy atom. The molecule has 0 aliphatic carbocycles. The first-order valence-electron chi connectivity index (χ1n) is 8.95.